The summed E-state index contributed by atoms with van der Waals surface area (Å²) in [6, 6.07) is 22.5. The maximum absolute atomic E-state index is 12.7. The highest BCUT2D eigenvalue weighted by atomic mass is 16.5. The molecule has 1 atom stereocenters. The summed E-state index contributed by atoms with van der Waals surface area (Å²) in [5, 5.41) is 20.1. The number of ether oxygens (including phenoxy) is 3. The molecule has 1 aromatic heterocycles. The van der Waals surface area contributed by atoms with Crippen molar-refractivity contribution < 1.29 is 33.7 Å². The zero-order valence-electron chi connectivity index (χ0n) is 29.8. The number of carbonyl (C=O) groups is 3. The van der Waals surface area contributed by atoms with Crippen LogP contribution in [0.3, 0.4) is 0 Å². The van der Waals surface area contributed by atoms with Gasteiger partial charge in [0.05, 0.1) is 38.8 Å². The number of carboxylic acids is 1. The number of aryl methyl sites for hydroxylation is 1. The lowest BCUT2D eigenvalue weighted by molar-refractivity contribution is -0.138. The molecule has 0 saturated carbocycles. The lowest BCUT2D eigenvalue weighted by Gasteiger charge is -2.19. The van der Waals surface area contributed by atoms with Crippen molar-refractivity contribution in [1.29, 1.82) is 0 Å². The minimum absolute atomic E-state index is 0.233. The minimum atomic E-state index is -1.05. The Bertz CT molecular complexity index is 1710. The van der Waals surface area contributed by atoms with Crippen molar-refractivity contribution in [2.45, 2.75) is 52.5 Å². The molecule has 0 spiro atoms. The third-order valence-electron chi connectivity index (χ3n) is 8.17. The maximum Gasteiger partial charge on any atom is 0.305 e. The normalized spacial score (nSPS) is 11.7. The highest BCUT2D eigenvalue weighted by molar-refractivity contribution is 6.00. The highest BCUT2D eigenvalue weighted by Crippen LogP contribution is 2.35. The first-order valence-electron chi connectivity index (χ1n) is 17.5. The van der Waals surface area contributed by atoms with Gasteiger partial charge in [-0.2, -0.15) is 0 Å². The van der Waals surface area contributed by atoms with Crippen LogP contribution in [0.2, 0.25) is 0 Å². The number of aromatic nitrogens is 1. The number of hydrogen-bond donors (Lipinski definition) is 4. The molecule has 3 aromatic carbocycles. The number of fused-ring (bicyclic) bond motifs is 1. The molecule has 4 aromatic rings. The molecule has 11 nitrogen and oxygen atoms in total. The Hall–Kier alpha value is -5.00. The number of carboxylic acid groups (broad SMARTS) is 1. The summed E-state index contributed by atoms with van der Waals surface area (Å²) in [4.78, 5) is 41.0. The van der Waals surface area contributed by atoms with Crippen molar-refractivity contribution in [3.8, 4) is 16.9 Å². The van der Waals surface area contributed by atoms with Crippen molar-refractivity contribution in [2.24, 2.45) is 5.92 Å². The van der Waals surface area contributed by atoms with Gasteiger partial charge in [0.1, 0.15) is 18.2 Å². The molecule has 0 radical (unpaired) electrons. The van der Waals surface area contributed by atoms with E-state index in [1.54, 1.807) is 6.20 Å². The Morgan fingerprint density at radius 2 is 1.57 bits per heavy atom. The van der Waals surface area contributed by atoms with Crippen molar-refractivity contribution in [1.82, 2.24) is 15.6 Å². The predicted octanol–water partition coefficient (Wildman–Crippen LogP) is 6.31. The van der Waals surface area contributed by atoms with E-state index in [1.807, 2.05) is 79.7 Å². The summed E-state index contributed by atoms with van der Waals surface area (Å²) in [5.74, 6) is 0.341. The van der Waals surface area contributed by atoms with E-state index in [9.17, 15) is 19.5 Å². The molecule has 11 heteroatoms. The smallest absolute Gasteiger partial charge is 0.305 e. The van der Waals surface area contributed by atoms with Crippen LogP contribution in [0.15, 0.2) is 79.0 Å². The first-order valence-corrected chi connectivity index (χ1v) is 17.5. The second-order valence-corrected chi connectivity index (χ2v) is 12.8. The topological polar surface area (TPSA) is 148 Å². The number of anilines is 1. The van der Waals surface area contributed by atoms with Gasteiger partial charge in [-0.05, 0) is 71.5 Å². The summed E-state index contributed by atoms with van der Waals surface area (Å²) in [6.45, 7) is 9.34. The van der Waals surface area contributed by atoms with Gasteiger partial charge in [0, 0.05) is 31.2 Å². The minimum Gasteiger partial charge on any atom is -0.491 e. The Balaban J connectivity index is 1.28. The third kappa shape index (κ3) is 13.3. The summed E-state index contributed by atoms with van der Waals surface area (Å²) in [5.41, 5.74) is 3.66. The van der Waals surface area contributed by atoms with Gasteiger partial charge in [0.25, 0.3) is 0 Å². The molecule has 2 amide bonds. The van der Waals surface area contributed by atoms with Gasteiger partial charge in [-0.25, -0.2) is 4.98 Å². The van der Waals surface area contributed by atoms with Crippen LogP contribution >= 0.6 is 0 Å². The molecule has 4 N–H and O–H groups in total. The van der Waals surface area contributed by atoms with Gasteiger partial charge in [-0.1, -0.05) is 68.4 Å². The zero-order valence-corrected chi connectivity index (χ0v) is 29.8. The molecule has 0 aliphatic rings. The maximum atomic E-state index is 12.7. The average molecular weight is 699 g/mol. The van der Waals surface area contributed by atoms with Crippen LogP contribution in [0, 0.1) is 12.8 Å². The van der Waals surface area contributed by atoms with Gasteiger partial charge in [-0.15, -0.1) is 0 Å². The van der Waals surface area contributed by atoms with E-state index in [0.29, 0.717) is 50.9 Å². The quantitative estimate of drug-likeness (QED) is 0.0694. The Morgan fingerprint density at radius 3 is 2.29 bits per heavy atom. The number of rotatable bonds is 22. The molecule has 51 heavy (non-hydrogen) atoms. The lowest BCUT2D eigenvalue weighted by atomic mass is 9.95. The number of benzene rings is 3. The molecule has 0 fully saturated rings. The molecule has 0 saturated heterocycles. The van der Waals surface area contributed by atoms with Gasteiger partial charge in [0.2, 0.25) is 11.8 Å². The van der Waals surface area contributed by atoms with Gasteiger partial charge in [0.15, 0.2) is 0 Å². The monoisotopic (exact) mass is 698 g/mol. The van der Waals surface area contributed by atoms with Crippen molar-refractivity contribution in [3.05, 3.63) is 90.1 Å². The van der Waals surface area contributed by atoms with Gasteiger partial charge in [-0.3, -0.25) is 14.4 Å². The summed E-state index contributed by atoms with van der Waals surface area (Å²) in [6.07, 6.45) is 3.25. The predicted molar refractivity (Wildman–Crippen MR) is 199 cm³/mol. The van der Waals surface area contributed by atoms with E-state index >= 15 is 0 Å². The van der Waals surface area contributed by atoms with E-state index in [4.69, 9.17) is 14.2 Å². The second kappa shape index (κ2) is 20.6. The summed E-state index contributed by atoms with van der Waals surface area (Å²) < 4.78 is 17.3. The Morgan fingerprint density at radius 1 is 0.843 bits per heavy atom. The molecule has 272 valence electrons. The fourth-order valence-corrected chi connectivity index (χ4v) is 5.43. The van der Waals surface area contributed by atoms with Crippen LogP contribution in [0.4, 0.5) is 5.82 Å². The van der Waals surface area contributed by atoms with Gasteiger partial charge < -0.3 is 35.3 Å². The zero-order chi connectivity index (χ0) is 36.4. The molecule has 0 bridgehead atoms. The lowest BCUT2D eigenvalue weighted by Crippen LogP contribution is -2.39. The Kier molecular flexibility index (Phi) is 15.7. The largest absolute Gasteiger partial charge is 0.491 e. The van der Waals surface area contributed by atoms with Crippen molar-refractivity contribution in [3.63, 3.8) is 0 Å². The van der Waals surface area contributed by atoms with Gasteiger partial charge >= 0.3 is 5.97 Å². The van der Waals surface area contributed by atoms with Crippen molar-refractivity contribution in [2.75, 3.05) is 51.4 Å². The highest BCUT2D eigenvalue weighted by Gasteiger charge is 2.19. The number of amides is 2. The first kappa shape index (κ1) is 38.8. The van der Waals surface area contributed by atoms with E-state index in [1.165, 1.54) is 0 Å². The number of nitrogens with zero attached hydrogens (tertiary/aromatic N) is 1. The van der Waals surface area contributed by atoms with Crippen LogP contribution in [0.1, 0.15) is 56.7 Å². The van der Waals surface area contributed by atoms with Crippen LogP contribution in [-0.2, 0) is 23.9 Å². The second-order valence-electron chi connectivity index (χ2n) is 12.8. The van der Waals surface area contributed by atoms with E-state index in [2.05, 4.69) is 34.8 Å². The van der Waals surface area contributed by atoms with E-state index < -0.39 is 17.9 Å². The molecule has 0 aliphatic carbocycles. The first-order chi connectivity index (χ1) is 24.7. The van der Waals surface area contributed by atoms with Crippen LogP contribution < -0.4 is 20.7 Å². The molecule has 4 rings (SSSR count). The number of pyridine rings is 1. The van der Waals surface area contributed by atoms with Crippen molar-refractivity contribution >= 4 is 34.4 Å². The molecule has 0 unspecified atom stereocenters. The number of aliphatic carboxylic acids is 1. The summed E-state index contributed by atoms with van der Waals surface area (Å²) >= 11 is 0. The third-order valence-corrected chi connectivity index (χ3v) is 8.17. The molecular formula is C40H50N4O7. The van der Waals surface area contributed by atoms with Crippen LogP contribution in [0.5, 0.6) is 5.75 Å². The van der Waals surface area contributed by atoms with E-state index in [0.717, 1.165) is 52.1 Å². The molecule has 1 heterocycles. The van der Waals surface area contributed by atoms with Crippen LogP contribution in [-0.4, -0.2) is 74.0 Å². The number of hydrogen-bond acceptors (Lipinski definition) is 8. The standard InChI is InChI=1S/C40H50N4O7/c1-28(2)17-20-49-21-22-50-23-24-51-36-15-14-32(33-7-4-5-8-34(33)36)30-10-12-31(13-11-30)35(26-40(47)48)44-39(46)27-43-38(45)9-6-18-41-37-25-29(3)16-19-42-37/h4-5,7-8,10-16,19,25,28,35H,6,9,17-18,20-24,26-27H2,1-3H3,(H,41,42)(H,43,45)(H,44,46)(H,47,48)/t35-/m0/s1. The molecule has 0 aliphatic heterocycles. The fourth-order valence-electron chi connectivity index (χ4n) is 5.43. The van der Waals surface area contributed by atoms with Crippen LogP contribution in [0.25, 0.3) is 21.9 Å². The average Bonchev–Trinajstić information content (AvgIpc) is 3.11. The summed E-state index contributed by atoms with van der Waals surface area (Å²) in [7, 11) is 0. The number of nitrogens with one attached hydrogen (secondary N) is 3. The SMILES string of the molecule is Cc1ccnc(NCCCC(=O)NCC(=O)N[C@@H](CC(=O)O)c2ccc(-c3ccc(OCCOCCOCCC(C)C)c4ccccc34)cc2)c1. The number of carbonyl (C=O) groups excluding carboxylic acids is 2. The fraction of sp³-hybridized carbons (Fsp3) is 0.400. The van der Waals surface area contributed by atoms with E-state index in [-0.39, 0.29) is 25.3 Å². The molecular weight excluding hydrogens is 648 g/mol. The Labute approximate surface area is 300 Å².